The highest BCUT2D eigenvalue weighted by molar-refractivity contribution is 5.76. The van der Waals surface area contributed by atoms with Crippen molar-refractivity contribution < 1.29 is 9.90 Å². The van der Waals surface area contributed by atoms with Gasteiger partial charge in [-0.3, -0.25) is 4.79 Å². The monoisotopic (exact) mass is 250 g/mol. The molecule has 0 saturated heterocycles. The van der Waals surface area contributed by atoms with E-state index in [1.807, 2.05) is 26.0 Å². The standard InChI is InChI=1S/C14H22N2O2/c1-3-11(2)16-14(18)8-9-15-10-12-4-6-13(17)7-5-12/h4-7,11,15,17H,3,8-10H2,1-2H3,(H,16,18). The predicted octanol–water partition coefficient (Wildman–Crippen LogP) is 1.79. The number of nitrogens with one attached hydrogen (secondary N) is 2. The van der Waals surface area contributed by atoms with Crippen LogP contribution in [0.5, 0.6) is 5.75 Å². The lowest BCUT2D eigenvalue weighted by molar-refractivity contribution is -0.121. The minimum atomic E-state index is 0.0857. The van der Waals surface area contributed by atoms with Crippen LogP contribution in [0.3, 0.4) is 0 Å². The highest BCUT2D eigenvalue weighted by atomic mass is 16.3. The van der Waals surface area contributed by atoms with E-state index in [1.54, 1.807) is 12.1 Å². The first kappa shape index (κ1) is 14.5. The summed E-state index contributed by atoms with van der Waals surface area (Å²) in [5.74, 6) is 0.356. The van der Waals surface area contributed by atoms with E-state index in [1.165, 1.54) is 0 Å². The van der Waals surface area contributed by atoms with Gasteiger partial charge in [-0.05, 0) is 31.0 Å². The molecule has 0 bridgehead atoms. The number of phenolic OH excluding ortho intramolecular Hbond substituents is 1. The molecule has 3 N–H and O–H groups in total. The van der Waals surface area contributed by atoms with Gasteiger partial charge in [0, 0.05) is 25.6 Å². The summed E-state index contributed by atoms with van der Waals surface area (Å²) in [5.41, 5.74) is 1.09. The van der Waals surface area contributed by atoms with Gasteiger partial charge in [0.05, 0.1) is 0 Å². The van der Waals surface area contributed by atoms with Crippen LogP contribution in [-0.2, 0) is 11.3 Å². The molecular formula is C14H22N2O2. The Morgan fingerprint density at radius 1 is 1.33 bits per heavy atom. The van der Waals surface area contributed by atoms with Crippen LogP contribution in [0.1, 0.15) is 32.3 Å². The van der Waals surface area contributed by atoms with Gasteiger partial charge in [0.1, 0.15) is 5.75 Å². The molecule has 0 fully saturated rings. The molecule has 0 aromatic heterocycles. The molecule has 100 valence electrons. The summed E-state index contributed by atoms with van der Waals surface area (Å²) < 4.78 is 0. The maximum atomic E-state index is 11.5. The van der Waals surface area contributed by atoms with Crippen molar-refractivity contribution in [3.8, 4) is 5.75 Å². The number of hydrogen-bond acceptors (Lipinski definition) is 3. The summed E-state index contributed by atoms with van der Waals surface area (Å²) in [7, 11) is 0. The van der Waals surface area contributed by atoms with Gasteiger partial charge in [-0.2, -0.15) is 0 Å². The third kappa shape index (κ3) is 5.68. The van der Waals surface area contributed by atoms with Crippen LogP contribution in [0.2, 0.25) is 0 Å². The van der Waals surface area contributed by atoms with Gasteiger partial charge in [-0.15, -0.1) is 0 Å². The number of carbonyl (C=O) groups is 1. The molecule has 1 aromatic rings. The smallest absolute Gasteiger partial charge is 0.221 e. The Morgan fingerprint density at radius 2 is 2.00 bits per heavy atom. The Labute approximate surface area is 108 Å². The molecule has 0 spiro atoms. The largest absolute Gasteiger partial charge is 0.508 e. The second-order valence-electron chi connectivity index (χ2n) is 4.47. The van der Waals surface area contributed by atoms with Crippen LogP contribution in [0.15, 0.2) is 24.3 Å². The van der Waals surface area contributed by atoms with Gasteiger partial charge in [-0.1, -0.05) is 19.1 Å². The van der Waals surface area contributed by atoms with E-state index in [9.17, 15) is 4.79 Å². The fourth-order valence-electron chi connectivity index (χ4n) is 1.50. The molecule has 1 amide bonds. The van der Waals surface area contributed by atoms with E-state index < -0.39 is 0 Å². The molecule has 4 nitrogen and oxygen atoms in total. The molecule has 1 aromatic carbocycles. The SMILES string of the molecule is CCC(C)NC(=O)CCNCc1ccc(O)cc1. The molecular weight excluding hydrogens is 228 g/mol. The molecule has 0 aliphatic rings. The summed E-state index contributed by atoms with van der Waals surface area (Å²) in [4.78, 5) is 11.5. The minimum absolute atomic E-state index is 0.0857. The maximum Gasteiger partial charge on any atom is 0.221 e. The lowest BCUT2D eigenvalue weighted by Crippen LogP contribution is -2.33. The molecule has 1 rings (SSSR count). The molecule has 0 saturated carbocycles. The van der Waals surface area contributed by atoms with E-state index in [-0.39, 0.29) is 17.7 Å². The van der Waals surface area contributed by atoms with E-state index in [2.05, 4.69) is 10.6 Å². The number of carbonyl (C=O) groups excluding carboxylic acids is 1. The van der Waals surface area contributed by atoms with E-state index >= 15 is 0 Å². The first-order chi connectivity index (χ1) is 8.61. The van der Waals surface area contributed by atoms with Crippen LogP contribution >= 0.6 is 0 Å². The second kappa shape index (κ2) is 7.71. The average Bonchev–Trinajstić information content (AvgIpc) is 2.36. The van der Waals surface area contributed by atoms with Gasteiger partial charge in [0.25, 0.3) is 0 Å². The molecule has 1 unspecified atom stereocenters. The fraction of sp³-hybridized carbons (Fsp3) is 0.500. The molecule has 0 aliphatic heterocycles. The Balaban J connectivity index is 2.15. The van der Waals surface area contributed by atoms with Crippen LogP contribution in [-0.4, -0.2) is 23.6 Å². The third-order valence-corrected chi connectivity index (χ3v) is 2.81. The summed E-state index contributed by atoms with van der Waals surface area (Å²) in [6, 6.07) is 7.29. The van der Waals surface area contributed by atoms with Gasteiger partial charge in [0.2, 0.25) is 5.91 Å². The summed E-state index contributed by atoms with van der Waals surface area (Å²) in [6.07, 6.45) is 1.44. The number of hydrogen-bond donors (Lipinski definition) is 3. The highest BCUT2D eigenvalue weighted by Gasteiger charge is 2.04. The van der Waals surface area contributed by atoms with Gasteiger partial charge >= 0.3 is 0 Å². The van der Waals surface area contributed by atoms with Crippen molar-refractivity contribution in [2.24, 2.45) is 0 Å². The van der Waals surface area contributed by atoms with Gasteiger partial charge < -0.3 is 15.7 Å². The van der Waals surface area contributed by atoms with Crippen LogP contribution in [0.25, 0.3) is 0 Å². The summed E-state index contributed by atoms with van der Waals surface area (Å²) in [6.45, 7) is 5.41. The van der Waals surface area contributed by atoms with Crippen molar-refractivity contribution in [2.75, 3.05) is 6.54 Å². The zero-order valence-electron chi connectivity index (χ0n) is 11.1. The normalized spacial score (nSPS) is 12.1. The van der Waals surface area contributed by atoms with Crippen LogP contribution < -0.4 is 10.6 Å². The van der Waals surface area contributed by atoms with Gasteiger partial charge in [0.15, 0.2) is 0 Å². The maximum absolute atomic E-state index is 11.5. The second-order valence-corrected chi connectivity index (χ2v) is 4.47. The number of amides is 1. The Hall–Kier alpha value is -1.55. The van der Waals surface area contributed by atoms with Crippen molar-refractivity contribution in [1.82, 2.24) is 10.6 Å². The highest BCUT2D eigenvalue weighted by Crippen LogP contribution is 2.08. The Morgan fingerprint density at radius 3 is 2.61 bits per heavy atom. The quantitative estimate of drug-likeness (QED) is 0.646. The minimum Gasteiger partial charge on any atom is -0.508 e. The molecule has 1 atom stereocenters. The number of phenols is 1. The Kier molecular flexibility index (Phi) is 6.22. The van der Waals surface area contributed by atoms with Crippen molar-refractivity contribution in [3.63, 3.8) is 0 Å². The predicted molar refractivity (Wildman–Crippen MR) is 72.3 cm³/mol. The van der Waals surface area contributed by atoms with E-state index in [0.29, 0.717) is 19.5 Å². The number of aromatic hydroxyl groups is 1. The molecule has 18 heavy (non-hydrogen) atoms. The average molecular weight is 250 g/mol. The van der Waals surface area contributed by atoms with Crippen molar-refractivity contribution in [1.29, 1.82) is 0 Å². The zero-order valence-corrected chi connectivity index (χ0v) is 11.1. The number of rotatable bonds is 7. The molecule has 0 aliphatic carbocycles. The molecule has 0 radical (unpaired) electrons. The van der Waals surface area contributed by atoms with Crippen LogP contribution in [0, 0.1) is 0 Å². The summed E-state index contributed by atoms with van der Waals surface area (Å²) >= 11 is 0. The van der Waals surface area contributed by atoms with Crippen LogP contribution in [0.4, 0.5) is 0 Å². The number of benzene rings is 1. The van der Waals surface area contributed by atoms with Crippen molar-refractivity contribution >= 4 is 5.91 Å². The Bertz CT molecular complexity index is 363. The van der Waals surface area contributed by atoms with E-state index in [0.717, 1.165) is 12.0 Å². The summed E-state index contributed by atoms with van der Waals surface area (Å²) in [5, 5.41) is 15.3. The first-order valence-corrected chi connectivity index (χ1v) is 6.39. The molecule has 4 heteroatoms. The molecule has 0 heterocycles. The van der Waals surface area contributed by atoms with E-state index in [4.69, 9.17) is 5.11 Å². The third-order valence-electron chi connectivity index (χ3n) is 2.81. The lowest BCUT2D eigenvalue weighted by Gasteiger charge is -2.11. The topological polar surface area (TPSA) is 61.4 Å². The van der Waals surface area contributed by atoms with Crippen molar-refractivity contribution in [2.45, 2.75) is 39.3 Å². The van der Waals surface area contributed by atoms with Gasteiger partial charge in [-0.25, -0.2) is 0 Å². The zero-order chi connectivity index (χ0) is 13.4. The fourth-order valence-corrected chi connectivity index (χ4v) is 1.50. The first-order valence-electron chi connectivity index (χ1n) is 6.39. The lowest BCUT2D eigenvalue weighted by atomic mass is 10.2. The van der Waals surface area contributed by atoms with Crippen molar-refractivity contribution in [3.05, 3.63) is 29.8 Å².